The van der Waals surface area contributed by atoms with Gasteiger partial charge in [0.15, 0.2) is 0 Å². The molecule has 0 bridgehead atoms. The van der Waals surface area contributed by atoms with Gasteiger partial charge in [-0.3, -0.25) is 9.69 Å². The number of nitrogens with zero attached hydrogens (tertiary/aromatic N) is 1. The van der Waals surface area contributed by atoms with E-state index in [2.05, 4.69) is 4.90 Å². The van der Waals surface area contributed by atoms with E-state index in [4.69, 9.17) is 4.74 Å². The van der Waals surface area contributed by atoms with Gasteiger partial charge in [-0.05, 0) is 53.6 Å². The molecule has 1 aliphatic heterocycles. The lowest BCUT2D eigenvalue weighted by atomic mass is 10.2. The maximum atomic E-state index is 11.7. The summed E-state index contributed by atoms with van der Waals surface area (Å²) in [5.74, 6) is -0.0978. The second-order valence-corrected chi connectivity index (χ2v) is 4.95. The van der Waals surface area contributed by atoms with Crippen LogP contribution in [-0.2, 0) is 9.53 Å². The zero-order chi connectivity index (χ0) is 10.8. The van der Waals surface area contributed by atoms with Crippen LogP contribution in [0.5, 0.6) is 0 Å². The minimum Gasteiger partial charge on any atom is -0.459 e. The minimum absolute atomic E-state index is 0.0864. The van der Waals surface area contributed by atoms with Crippen molar-refractivity contribution in [3.8, 4) is 0 Å². The molecule has 1 aliphatic rings. The Bertz CT molecular complexity index is 202. The lowest BCUT2D eigenvalue weighted by Gasteiger charge is -2.26. The molecule has 0 aromatic carbocycles. The summed E-state index contributed by atoms with van der Waals surface area (Å²) in [6, 6.07) is -0.0864. The molecule has 0 amide bonds. The molecule has 14 heavy (non-hydrogen) atoms. The first-order chi connectivity index (χ1) is 6.40. The van der Waals surface area contributed by atoms with Crippen LogP contribution in [0.15, 0.2) is 0 Å². The van der Waals surface area contributed by atoms with Crippen LogP contribution in [0.3, 0.4) is 0 Å². The average Bonchev–Trinajstić information content (AvgIpc) is 2.51. The molecule has 3 heteroatoms. The number of ether oxygens (including phenoxy) is 1. The quantitative estimate of drug-likeness (QED) is 0.635. The Morgan fingerprint density at radius 1 is 1.29 bits per heavy atom. The molecule has 0 aromatic heterocycles. The zero-order valence-electron chi connectivity index (χ0n) is 9.67. The van der Waals surface area contributed by atoms with Crippen LogP contribution in [0.4, 0.5) is 0 Å². The maximum absolute atomic E-state index is 11.7. The van der Waals surface area contributed by atoms with Crippen molar-refractivity contribution in [2.24, 2.45) is 0 Å². The number of esters is 1. The molecule has 1 rings (SSSR count). The summed E-state index contributed by atoms with van der Waals surface area (Å²) in [7, 11) is 0. The standard InChI is InChI=1S/C11H21NO2/c1-9(12-7-5-6-8-12)10(13)14-11(2,3)4/h9H,5-8H2,1-4H3/t9-/m0/s1. The highest BCUT2D eigenvalue weighted by molar-refractivity contribution is 5.75. The van der Waals surface area contributed by atoms with Crippen LogP contribution in [0.1, 0.15) is 40.5 Å². The molecule has 0 aromatic rings. The number of rotatable bonds is 2. The second kappa shape index (κ2) is 4.30. The predicted molar refractivity (Wildman–Crippen MR) is 56.1 cm³/mol. The van der Waals surface area contributed by atoms with Gasteiger partial charge in [0.1, 0.15) is 11.6 Å². The van der Waals surface area contributed by atoms with Crippen molar-refractivity contribution in [3.63, 3.8) is 0 Å². The Labute approximate surface area is 86.4 Å². The third-order valence-electron chi connectivity index (χ3n) is 2.44. The van der Waals surface area contributed by atoms with Gasteiger partial charge in [-0.1, -0.05) is 0 Å². The molecule has 1 fully saturated rings. The number of carbonyl (C=O) groups excluding carboxylic acids is 1. The Kier molecular flexibility index (Phi) is 3.53. The fraction of sp³-hybridized carbons (Fsp3) is 0.909. The van der Waals surface area contributed by atoms with E-state index in [1.165, 1.54) is 12.8 Å². The monoisotopic (exact) mass is 199 g/mol. The van der Waals surface area contributed by atoms with Crippen molar-refractivity contribution in [3.05, 3.63) is 0 Å². The van der Waals surface area contributed by atoms with Gasteiger partial charge < -0.3 is 4.74 Å². The van der Waals surface area contributed by atoms with E-state index in [0.717, 1.165) is 13.1 Å². The Balaban J connectivity index is 2.43. The van der Waals surface area contributed by atoms with Crippen LogP contribution in [0.25, 0.3) is 0 Å². The Morgan fingerprint density at radius 3 is 2.21 bits per heavy atom. The highest BCUT2D eigenvalue weighted by Crippen LogP contribution is 2.15. The lowest BCUT2D eigenvalue weighted by Crippen LogP contribution is -2.40. The van der Waals surface area contributed by atoms with E-state index in [9.17, 15) is 4.79 Å². The third kappa shape index (κ3) is 3.29. The SMILES string of the molecule is C[C@@H](C(=O)OC(C)(C)C)N1CCCC1. The highest BCUT2D eigenvalue weighted by atomic mass is 16.6. The van der Waals surface area contributed by atoms with Crippen LogP contribution < -0.4 is 0 Å². The van der Waals surface area contributed by atoms with Crippen molar-refractivity contribution >= 4 is 5.97 Å². The minimum atomic E-state index is -0.370. The summed E-state index contributed by atoms with van der Waals surface area (Å²) in [4.78, 5) is 13.9. The fourth-order valence-corrected chi connectivity index (χ4v) is 1.67. The molecule has 0 saturated carbocycles. The van der Waals surface area contributed by atoms with Gasteiger partial charge in [-0.25, -0.2) is 0 Å². The molecule has 82 valence electrons. The van der Waals surface area contributed by atoms with E-state index >= 15 is 0 Å². The summed E-state index contributed by atoms with van der Waals surface area (Å²) in [6.07, 6.45) is 2.40. The van der Waals surface area contributed by atoms with E-state index < -0.39 is 0 Å². The molecular formula is C11H21NO2. The molecule has 0 unspecified atom stereocenters. The molecule has 1 atom stereocenters. The van der Waals surface area contributed by atoms with E-state index in [1.807, 2.05) is 27.7 Å². The molecule has 0 N–H and O–H groups in total. The van der Waals surface area contributed by atoms with Crippen LogP contribution in [0, 0.1) is 0 Å². The number of hydrogen-bond acceptors (Lipinski definition) is 3. The van der Waals surface area contributed by atoms with Crippen molar-refractivity contribution < 1.29 is 9.53 Å². The molecular weight excluding hydrogens is 178 g/mol. The van der Waals surface area contributed by atoms with Gasteiger partial charge in [0.2, 0.25) is 0 Å². The van der Waals surface area contributed by atoms with E-state index in [-0.39, 0.29) is 17.6 Å². The summed E-state index contributed by atoms with van der Waals surface area (Å²) in [6.45, 7) is 9.70. The van der Waals surface area contributed by atoms with E-state index in [0.29, 0.717) is 0 Å². The number of hydrogen-bond donors (Lipinski definition) is 0. The second-order valence-electron chi connectivity index (χ2n) is 4.95. The topological polar surface area (TPSA) is 29.5 Å². The number of likely N-dealkylation sites (tertiary alicyclic amines) is 1. The van der Waals surface area contributed by atoms with Crippen molar-refractivity contribution in [1.29, 1.82) is 0 Å². The molecule has 3 nitrogen and oxygen atoms in total. The molecule has 0 spiro atoms. The van der Waals surface area contributed by atoms with Crippen LogP contribution in [-0.4, -0.2) is 35.6 Å². The van der Waals surface area contributed by atoms with Gasteiger partial charge in [0, 0.05) is 0 Å². The Morgan fingerprint density at radius 2 is 1.79 bits per heavy atom. The van der Waals surface area contributed by atoms with Gasteiger partial charge in [-0.15, -0.1) is 0 Å². The molecule has 1 saturated heterocycles. The highest BCUT2D eigenvalue weighted by Gasteiger charge is 2.27. The smallest absolute Gasteiger partial charge is 0.323 e. The maximum Gasteiger partial charge on any atom is 0.323 e. The van der Waals surface area contributed by atoms with Crippen molar-refractivity contribution in [2.45, 2.75) is 52.2 Å². The summed E-state index contributed by atoms with van der Waals surface area (Å²) >= 11 is 0. The number of carbonyl (C=O) groups is 1. The first-order valence-corrected chi connectivity index (χ1v) is 5.37. The molecule has 1 heterocycles. The van der Waals surface area contributed by atoms with Crippen molar-refractivity contribution in [1.82, 2.24) is 4.90 Å². The van der Waals surface area contributed by atoms with Crippen molar-refractivity contribution in [2.75, 3.05) is 13.1 Å². The fourth-order valence-electron chi connectivity index (χ4n) is 1.67. The Hall–Kier alpha value is -0.570. The molecule has 0 aliphatic carbocycles. The van der Waals surface area contributed by atoms with Gasteiger partial charge in [-0.2, -0.15) is 0 Å². The first kappa shape index (κ1) is 11.5. The zero-order valence-corrected chi connectivity index (χ0v) is 9.67. The van der Waals surface area contributed by atoms with Gasteiger partial charge in [0.05, 0.1) is 0 Å². The van der Waals surface area contributed by atoms with Crippen LogP contribution >= 0.6 is 0 Å². The largest absolute Gasteiger partial charge is 0.459 e. The normalized spacial score (nSPS) is 20.9. The summed E-state index contributed by atoms with van der Waals surface area (Å²) in [5.41, 5.74) is -0.370. The summed E-state index contributed by atoms with van der Waals surface area (Å²) < 4.78 is 5.33. The first-order valence-electron chi connectivity index (χ1n) is 5.37. The van der Waals surface area contributed by atoms with E-state index in [1.54, 1.807) is 0 Å². The predicted octanol–water partition coefficient (Wildman–Crippen LogP) is 1.81. The van der Waals surface area contributed by atoms with Crippen LogP contribution in [0.2, 0.25) is 0 Å². The summed E-state index contributed by atoms with van der Waals surface area (Å²) in [5, 5.41) is 0. The van der Waals surface area contributed by atoms with Gasteiger partial charge >= 0.3 is 5.97 Å². The lowest BCUT2D eigenvalue weighted by molar-refractivity contribution is -0.160. The van der Waals surface area contributed by atoms with Gasteiger partial charge in [0.25, 0.3) is 0 Å². The molecule has 0 radical (unpaired) electrons. The third-order valence-corrected chi connectivity index (χ3v) is 2.44. The average molecular weight is 199 g/mol.